The monoisotopic (exact) mass is 214 g/mol. The average molecular weight is 214 g/mol. The van der Waals surface area contributed by atoms with Crippen LogP contribution in [0.4, 0.5) is 0 Å². The molecule has 6 nitrogen and oxygen atoms in total. The minimum absolute atomic E-state index is 0.131. The first-order chi connectivity index (χ1) is 7.15. The fourth-order valence-corrected chi connectivity index (χ4v) is 1.35. The number of amides is 1. The highest BCUT2D eigenvalue weighted by molar-refractivity contribution is 5.77. The Morgan fingerprint density at radius 1 is 1.87 bits per heavy atom. The third-order valence-corrected chi connectivity index (χ3v) is 1.92. The van der Waals surface area contributed by atoms with Crippen LogP contribution in [0.15, 0.2) is 17.0 Å². The quantitative estimate of drug-likeness (QED) is 0.400. The number of rotatable bonds is 3. The zero-order valence-electron chi connectivity index (χ0n) is 8.64. The molecule has 1 amide bonds. The molecule has 0 unspecified atom stereocenters. The largest absolute Gasteiger partial charge is 0.463 e. The maximum Gasteiger partial charge on any atom is 0.217 e. The van der Waals surface area contributed by atoms with Crippen molar-refractivity contribution in [2.45, 2.75) is 25.7 Å². The Morgan fingerprint density at radius 2 is 2.60 bits per heavy atom. The molecular weight excluding hydrogens is 200 g/mol. The van der Waals surface area contributed by atoms with Gasteiger partial charge in [-0.1, -0.05) is 5.16 Å². The maximum atomic E-state index is 10.9. The summed E-state index contributed by atoms with van der Waals surface area (Å²) in [4.78, 5) is 10.9. The summed E-state index contributed by atoms with van der Waals surface area (Å²) in [6.45, 7) is 1.44. The Balaban J connectivity index is 2.70. The Labute approximate surface area is 87.5 Å². The summed E-state index contributed by atoms with van der Waals surface area (Å²) in [6.07, 6.45) is 2.90. The van der Waals surface area contributed by atoms with E-state index in [1.54, 1.807) is 6.08 Å². The molecule has 2 atom stereocenters. The molecule has 1 heterocycles. The van der Waals surface area contributed by atoms with Crippen molar-refractivity contribution in [1.29, 1.82) is 0 Å². The molecule has 0 radical (unpaired) electrons. The van der Waals surface area contributed by atoms with Crippen molar-refractivity contribution in [2.24, 2.45) is 5.16 Å². The number of ether oxygens (including phenoxy) is 2. The summed E-state index contributed by atoms with van der Waals surface area (Å²) in [6, 6.07) is -0.172. The summed E-state index contributed by atoms with van der Waals surface area (Å²) >= 11 is 0. The Kier molecular flexibility index (Phi) is 4.11. The lowest BCUT2D eigenvalue weighted by Gasteiger charge is -2.27. The summed E-state index contributed by atoms with van der Waals surface area (Å²) in [7, 11) is 1.51. The van der Waals surface area contributed by atoms with E-state index in [0.29, 0.717) is 12.2 Å². The third-order valence-electron chi connectivity index (χ3n) is 1.92. The molecule has 0 saturated carbocycles. The van der Waals surface area contributed by atoms with E-state index >= 15 is 0 Å². The molecule has 84 valence electrons. The number of hydrogen-bond donors (Lipinski definition) is 2. The van der Waals surface area contributed by atoms with Crippen LogP contribution in [0.1, 0.15) is 13.3 Å². The number of oxime groups is 1. The van der Waals surface area contributed by atoms with Crippen molar-refractivity contribution in [2.75, 3.05) is 7.11 Å². The molecule has 0 saturated heterocycles. The second kappa shape index (κ2) is 5.35. The van der Waals surface area contributed by atoms with Gasteiger partial charge < -0.3 is 20.0 Å². The van der Waals surface area contributed by atoms with Gasteiger partial charge in [-0.3, -0.25) is 4.79 Å². The molecule has 0 aromatic rings. The van der Waals surface area contributed by atoms with Crippen molar-refractivity contribution < 1.29 is 19.5 Å². The molecule has 1 rings (SSSR count). The van der Waals surface area contributed by atoms with Crippen molar-refractivity contribution in [3.05, 3.63) is 11.8 Å². The standard InChI is InChI=1S/C9H14N2O4/c1-6(12)11-7-3-8(5-10-13)15-9(4-7)14-2/h3,5,7,9,13H,4H2,1-2H3,(H,11,12)/b10-5-/t7-,9-/m1/s1. The lowest BCUT2D eigenvalue weighted by Crippen LogP contribution is -2.38. The number of carbonyl (C=O) groups is 1. The summed E-state index contributed by atoms with van der Waals surface area (Å²) in [5.41, 5.74) is 0. The van der Waals surface area contributed by atoms with Crippen molar-refractivity contribution in [3.63, 3.8) is 0 Å². The van der Waals surface area contributed by atoms with E-state index in [1.807, 2.05) is 0 Å². The van der Waals surface area contributed by atoms with Crippen LogP contribution in [0.5, 0.6) is 0 Å². The number of hydrogen-bond acceptors (Lipinski definition) is 5. The number of nitrogens with zero attached hydrogens (tertiary/aromatic N) is 1. The maximum absolute atomic E-state index is 10.9. The van der Waals surface area contributed by atoms with Gasteiger partial charge in [0.1, 0.15) is 12.0 Å². The third kappa shape index (κ3) is 3.59. The first kappa shape index (κ1) is 11.5. The van der Waals surface area contributed by atoms with Gasteiger partial charge >= 0.3 is 0 Å². The normalized spacial score (nSPS) is 25.9. The second-order valence-corrected chi connectivity index (χ2v) is 3.14. The van der Waals surface area contributed by atoms with Gasteiger partial charge in [-0.05, 0) is 6.08 Å². The molecule has 0 aliphatic carbocycles. The first-order valence-corrected chi connectivity index (χ1v) is 4.51. The molecule has 2 N–H and O–H groups in total. The molecule has 6 heteroatoms. The lowest BCUT2D eigenvalue weighted by molar-refractivity contribution is -0.122. The van der Waals surface area contributed by atoms with Gasteiger partial charge in [0.2, 0.25) is 12.2 Å². The second-order valence-electron chi connectivity index (χ2n) is 3.14. The van der Waals surface area contributed by atoms with Crippen LogP contribution in [0, 0.1) is 0 Å². The van der Waals surface area contributed by atoms with Crippen LogP contribution >= 0.6 is 0 Å². The number of allylic oxidation sites excluding steroid dienone is 1. The van der Waals surface area contributed by atoms with Gasteiger partial charge in [-0.2, -0.15) is 0 Å². The fourth-order valence-electron chi connectivity index (χ4n) is 1.35. The molecule has 0 aromatic heterocycles. The molecule has 0 bridgehead atoms. The van der Waals surface area contributed by atoms with E-state index < -0.39 is 6.29 Å². The first-order valence-electron chi connectivity index (χ1n) is 4.51. The molecule has 0 spiro atoms. The zero-order valence-corrected chi connectivity index (χ0v) is 8.64. The predicted octanol–water partition coefficient (Wildman–Crippen LogP) is 0.228. The molecule has 15 heavy (non-hydrogen) atoms. The number of methoxy groups -OCH3 is 1. The van der Waals surface area contributed by atoms with Gasteiger partial charge in [0.05, 0.1) is 6.04 Å². The van der Waals surface area contributed by atoms with E-state index in [9.17, 15) is 4.79 Å². The molecule has 1 aliphatic heterocycles. The SMILES string of the molecule is CO[C@H]1C[C@H](NC(C)=O)C=C(/C=N\O)O1. The van der Waals surface area contributed by atoms with Gasteiger partial charge in [0.25, 0.3) is 0 Å². The van der Waals surface area contributed by atoms with Crippen LogP contribution in [-0.2, 0) is 14.3 Å². The van der Waals surface area contributed by atoms with Crippen LogP contribution in [0.3, 0.4) is 0 Å². The lowest BCUT2D eigenvalue weighted by atomic mass is 10.1. The number of carbonyl (C=O) groups excluding carboxylic acids is 1. The minimum atomic E-state index is -0.445. The molecule has 1 aliphatic rings. The Morgan fingerprint density at radius 3 is 3.13 bits per heavy atom. The van der Waals surface area contributed by atoms with Crippen molar-refractivity contribution in [1.82, 2.24) is 5.32 Å². The van der Waals surface area contributed by atoms with E-state index in [0.717, 1.165) is 6.21 Å². The summed E-state index contributed by atoms with van der Waals surface area (Å²) in [5.74, 6) is 0.239. The Hall–Kier alpha value is -1.56. The predicted molar refractivity (Wildman–Crippen MR) is 52.5 cm³/mol. The highest BCUT2D eigenvalue weighted by Gasteiger charge is 2.23. The van der Waals surface area contributed by atoms with Gasteiger partial charge in [0.15, 0.2) is 0 Å². The van der Waals surface area contributed by atoms with Crippen molar-refractivity contribution >= 4 is 12.1 Å². The topological polar surface area (TPSA) is 80.2 Å². The highest BCUT2D eigenvalue weighted by Crippen LogP contribution is 2.16. The number of nitrogens with one attached hydrogen (secondary N) is 1. The molecule has 0 aromatic carbocycles. The van der Waals surface area contributed by atoms with Gasteiger partial charge in [-0.25, -0.2) is 0 Å². The van der Waals surface area contributed by atoms with E-state index in [1.165, 1.54) is 14.0 Å². The highest BCUT2D eigenvalue weighted by atomic mass is 16.7. The van der Waals surface area contributed by atoms with Crippen molar-refractivity contribution in [3.8, 4) is 0 Å². The van der Waals surface area contributed by atoms with E-state index in [4.69, 9.17) is 14.7 Å². The van der Waals surface area contributed by atoms with Gasteiger partial charge in [0, 0.05) is 20.5 Å². The van der Waals surface area contributed by atoms with Crippen LogP contribution in [0.2, 0.25) is 0 Å². The summed E-state index contributed by atoms with van der Waals surface area (Å²) in [5, 5.41) is 13.9. The summed E-state index contributed by atoms with van der Waals surface area (Å²) < 4.78 is 10.3. The van der Waals surface area contributed by atoms with Crippen LogP contribution in [-0.4, -0.2) is 36.8 Å². The molecule has 0 fully saturated rings. The average Bonchev–Trinajstić information content (AvgIpc) is 2.16. The fraction of sp³-hybridized carbons (Fsp3) is 0.556. The van der Waals surface area contributed by atoms with E-state index in [2.05, 4.69) is 10.5 Å². The van der Waals surface area contributed by atoms with Crippen LogP contribution in [0.25, 0.3) is 0 Å². The minimum Gasteiger partial charge on any atom is -0.463 e. The smallest absolute Gasteiger partial charge is 0.217 e. The zero-order chi connectivity index (χ0) is 11.3. The Bertz CT molecular complexity index is 288. The van der Waals surface area contributed by atoms with E-state index in [-0.39, 0.29) is 11.9 Å². The van der Waals surface area contributed by atoms with Crippen LogP contribution < -0.4 is 5.32 Å². The van der Waals surface area contributed by atoms with Gasteiger partial charge in [-0.15, -0.1) is 0 Å². The molecular formula is C9H14N2O4.